The summed E-state index contributed by atoms with van der Waals surface area (Å²) in [6.07, 6.45) is -2.03. The maximum atomic E-state index is 12.9. The van der Waals surface area contributed by atoms with E-state index in [4.69, 9.17) is 0 Å². The van der Waals surface area contributed by atoms with Crippen LogP contribution < -0.4 is 4.90 Å². The molecule has 20 heavy (non-hydrogen) atoms. The topological polar surface area (TPSA) is 41.9 Å². The van der Waals surface area contributed by atoms with Crippen molar-refractivity contribution in [3.8, 4) is 11.5 Å². The van der Waals surface area contributed by atoms with Crippen molar-refractivity contribution < 1.29 is 13.2 Å². The summed E-state index contributed by atoms with van der Waals surface area (Å²) >= 11 is 0. The molecule has 0 atom stereocenters. The number of alkyl halides is 3. The molecule has 2 aromatic rings. The Hall–Kier alpha value is -2.18. The summed E-state index contributed by atoms with van der Waals surface area (Å²) in [7, 11) is 0. The molecule has 0 aromatic carbocycles. The highest BCUT2D eigenvalue weighted by Gasteiger charge is 2.34. The van der Waals surface area contributed by atoms with Gasteiger partial charge in [0.25, 0.3) is 0 Å². The summed E-state index contributed by atoms with van der Waals surface area (Å²) in [4.78, 5) is 13.6. The van der Waals surface area contributed by atoms with Gasteiger partial charge in [0, 0.05) is 25.4 Å². The molecule has 3 heterocycles. The summed E-state index contributed by atoms with van der Waals surface area (Å²) in [6, 6.07) is 5.96. The van der Waals surface area contributed by atoms with Crippen molar-refractivity contribution in [3.05, 3.63) is 36.2 Å². The van der Waals surface area contributed by atoms with E-state index in [2.05, 4.69) is 15.0 Å². The Bertz CT molecular complexity index is 609. The van der Waals surface area contributed by atoms with E-state index in [9.17, 15) is 13.2 Å². The predicted octanol–water partition coefficient (Wildman–Crippen LogP) is 2.77. The minimum absolute atomic E-state index is 0.00215. The van der Waals surface area contributed by atoms with E-state index in [1.807, 2.05) is 0 Å². The van der Waals surface area contributed by atoms with E-state index >= 15 is 0 Å². The van der Waals surface area contributed by atoms with Gasteiger partial charge in [0.2, 0.25) is 0 Å². The van der Waals surface area contributed by atoms with Crippen LogP contribution in [0.2, 0.25) is 0 Å². The van der Waals surface area contributed by atoms with Crippen LogP contribution in [-0.2, 0) is 6.18 Å². The molecule has 0 bridgehead atoms. The van der Waals surface area contributed by atoms with Crippen LogP contribution in [-0.4, -0.2) is 28.0 Å². The average molecular weight is 280 g/mol. The lowest BCUT2D eigenvalue weighted by atomic mass is 10.2. The van der Waals surface area contributed by atoms with Gasteiger partial charge in [-0.25, -0.2) is 9.97 Å². The Morgan fingerprint density at radius 2 is 1.90 bits per heavy atom. The Balaban J connectivity index is 2.09. The van der Waals surface area contributed by atoms with Gasteiger partial charge in [0.05, 0.1) is 0 Å². The van der Waals surface area contributed by atoms with E-state index < -0.39 is 11.9 Å². The molecule has 1 fully saturated rings. The van der Waals surface area contributed by atoms with E-state index in [1.54, 1.807) is 23.1 Å². The molecular formula is C13H11F3N4. The van der Waals surface area contributed by atoms with Gasteiger partial charge in [0.15, 0.2) is 11.5 Å². The van der Waals surface area contributed by atoms with E-state index in [-0.39, 0.29) is 5.82 Å². The van der Waals surface area contributed by atoms with Crippen LogP contribution in [0, 0.1) is 0 Å². The number of nitrogens with zero attached hydrogens (tertiary/aromatic N) is 4. The molecule has 0 N–H and O–H groups in total. The van der Waals surface area contributed by atoms with Crippen LogP contribution in [0.1, 0.15) is 12.1 Å². The van der Waals surface area contributed by atoms with Crippen molar-refractivity contribution in [1.82, 2.24) is 15.0 Å². The number of hydrogen-bond acceptors (Lipinski definition) is 4. The van der Waals surface area contributed by atoms with Gasteiger partial charge in [-0.05, 0) is 18.6 Å². The van der Waals surface area contributed by atoms with Crippen LogP contribution in [0.25, 0.3) is 11.5 Å². The lowest BCUT2D eigenvalue weighted by Crippen LogP contribution is -2.38. The van der Waals surface area contributed by atoms with Gasteiger partial charge in [-0.3, -0.25) is 4.98 Å². The van der Waals surface area contributed by atoms with Gasteiger partial charge in [-0.2, -0.15) is 13.2 Å². The lowest BCUT2D eigenvalue weighted by Gasteiger charge is -2.32. The smallest absolute Gasteiger partial charge is 0.356 e. The highest BCUT2D eigenvalue weighted by molar-refractivity contribution is 5.54. The fourth-order valence-electron chi connectivity index (χ4n) is 1.90. The molecule has 1 aliphatic rings. The molecule has 4 nitrogen and oxygen atoms in total. The van der Waals surface area contributed by atoms with Crippen LogP contribution in [0.5, 0.6) is 0 Å². The molecular weight excluding hydrogens is 269 g/mol. The second-order valence-corrected chi connectivity index (χ2v) is 4.49. The number of hydrogen-bond donors (Lipinski definition) is 0. The van der Waals surface area contributed by atoms with Crippen LogP contribution in [0.15, 0.2) is 30.5 Å². The zero-order valence-corrected chi connectivity index (χ0v) is 10.4. The van der Waals surface area contributed by atoms with Gasteiger partial charge >= 0.3 is 6.18 Å². The van der Waals surface area contributed by atoms with Crippen LogP contribution >= 0.6 is 0 Å². The molecule has 104 valence electrons. The van der Waals surface area contributed by atoms with Crippen LogP contribution in [0.3, 0.4) is 0 Å². The first kappa shape index (κ1) is 12.8. The maximum absolute atomic E-state index is 12.9. The van der Waals surface area contributed by atoms with Crippen LogP contribution in [0.4, 0.5) is 19.0 Å². The number of anilines is 1. The van der Waals surface area contributed by atoms with Crippen molar-refractivity contribution >= 4 is 5.82 Å². The molecule has 0 saturated carbocycles. The normalized spacial score (nSPS) is 15.1. The van der Waals surface area contributed by atoms with Crippen molar-refractivity contribution in [2.24, 2.45) is 0 Å². The minimum atomic E-state index is -4.49. The number of halogens is 3. The zero-order chi connectivity index (χ0) is 14.2. The highest BCUT2D eigenvalue weighted by Crippen LogP contribution is 2.32. The molecule has 0 radical (unpaired) electrons. The van der Waals surface area contributed by atoms with E-state index in [0.717, 1.165) is 25.6 Å². The molecule has 0 amide bonds. The molecule has 2 aromatic heterocycles. The highest BCUT2D eigenvalue weighted by atomic mass is 19.4. The Morgan fingerprint density at radius 1 is 1.10 bits per heavy atom. The standard InChI is InChI=1S/C13H11F3N4/c14-13(15,16)10-8-11(20-6-3-7-20)19-12(18-10)9-4-1-2-5-17-9/h1-2,4-5,8H,3,6-7H2. The fraction of sp³-hybridized carbons (Fsp3) is 0.308. The summed E-state index contributed by atoms with van der Waals surface area (Å²) in [5.74, 6) is 0.307. The van der Waals surface area contributed by atoms with Gasteiger partial charge in [-0.15, -0.1) is 0 Å². The first-order valence-corrected chi connectivity index (χ1v) is 6.17. The second-order valence-electron chi connectivity index (χ2n) is 4.49. The summed E-state index contributed by atoms with van der Waals surface area (Å²) in [5, 5.41) is 0. The van der Waals surface area contributed by atoms with Crippen molar-refractivity contribution in [1.29, 1.82) is 0 Å². The van der Waals surface area contributed by atoms with E-state index in [0.29, 0.717) is 11.5 Å². The van der Waals surface area contributed by atoms with Gasteiger partial charge < -0.3 is 4.90 Å². The summed E-state index contributed by atoms with van der Waals surface area (Å²) in [6.45, 7) is 1.44. The van der Waals surface area contributed by atoms with Crippen molar-refractivity contribution in [3.63, 3.8) is 0 Å². The molecule has 0 aliphatic carbocycles. The predicted molar refractivity (Wildman–Crippen MR) is 67.1 cm³/mol. The van der Waals surface area contributed by atoms with Crippen molar-refractivity contribution in [2.45, 2.75) is 12.6 Å². The molecule has 0 unspecified atom stereocenters. The first-order chi connectivity index (χ1) is 9.54. The van der Waals surface area contributed by atoms with Crippen molar-refractivity contribution in [2.75, 3.05) is 18.0 Å². The number of rotatable bonds is 2. The molecule has 3 rings (SSSR count). The molecule has 0 spiro atoms. The second kappa shape index (κ2) is 4.73. The minimum Gasteiger partial charge on any atom is -0.356 e. The largest absolute Gasteiger partial charge is 0.433 e. The third kappa shape index (κ3) is 2.43. The quantitative estimate of drug-likeness (QED) is 0.848. The SMILES string of the molecule is FC(F)(F)c1cc(N2CCC2)nc(-c2ccccn2)n1. The fourth-order valence-corrected chi connectivity index (χ4v) is 1.90. The Kier molecular flexibility index (Phi) is 3.04. The first-order valence-electron chi connectivity index (χ1n) is 6.17. The molecule has 1 saturated heterocycles. The lowest BCUT2D eigenvalue weighted by molar-refractivity contribution is -0.141. The zero-order valence-electron chi connectivity index (χ0n) is 10.4. The third-order valence-corrected chi connectivity index (χ3v) is 3.08. The molecule has 7 heteroatoms. The summed E-state index contributed by atoms with van der Waals surface area (Å²) in [5.41, 5.74) is -0.601. The Labute approximate surface area is 113 Å². The number of pyridine rings is 1. The maximum Gasteiger partial charge on any atom is 0.433 e. The third-order valence-electron chi connectivity index (χ3n) is 3.08. The Morgan fingerprint density at radius 3 is 2.45 bits per heavy atom. The monoisotopic (exact) mass is 280 g/mol. The summed E-state index contributed by atoms with van der Waals surface area (Å²) < 4.78 is 38.8. The molecule has 1 aliphatic heterocycles. The van der Waals surface area contributed by atoms with Gasteiger partial charge in [-0.1, -0.05) is 6.07 Å². The number of aromatic nitrogens is 3. The van der Waals surface area contributed by atoms with Gasteiger partial charge in [0.1, 0.15) is 11.5 Å². The van der Waals surface area contributed by atoms with E-state index in [1.165, 1.54) is 6.20 Å². The average Bonchev–Trinajstić information content (AvgIpc) is 2.36.